The summed E-state index contributed by atoms with van der Waals surface area (Å²) in [5, 5.41) is 28.8. The number of rotatable bonds is 50. The SMILES string of the molecule is NCCCNCCCC(CNC(CCCCCCCCC/C=C\CCCCCCCC(=O)O)CCCCCCCCC/C=C\CCCCCCCC(=O)O)NCCCN. The van der Waals surface area contributed by atoms with Crippen LogP contribution in [0.3, 0.4) is 0 Å². The number of nitrogens with two attached hydrogens (primary N) is 2. The number of carboxylic acid groups (broad SMARTS) is 2. The van der Waals surface area contributed by atoms with Crippen molar-refractivity contribution in [3.8, 4) is 0 Å². The number of carboxylic acids is 2. The highest BCUT2D eigenvalue weighted by atomic mass is 16.4. The minimum atomic E-state index is -0.671. The minimum absolute atomic E-state index is 0.314. The topological polar surface area (TPSA) is 163 Å². The summed E-state index contributed by atoms with van der Waals surface area (Å²) in [6, 6.07) is 1.11. The Hall–Kier alpha value is -1.78. The smallest absolute Gasteiger partial charge is 0.303 e. The third kappa shape index (κ3) is 48.8. The van der Waals surface area contributed by atoms with Crippen molar-refractivity contribution in [2.45, 2.75) is 243 Å². The molecule has 0 amide bonds. The zero-order valence-electron chi connectivity index (χ0n) is 38.5. The second-order valence-corrected chi connectivity index (χ2v) is 17.4. The van der Waals surface area contributed by atoms with Crippen LogP contribution in [0.1, 0.15) is 231 Å². The van der Waals surface area contributed by atoms with Gasteiger partial charge in [0.2, 0.25) is 0 Å². The lowest BCUT2D eigenvalue weighted by molar-refractivity contribution is -0.138. The van der Waals surface area contributed by atoms with Gasteiger partial charge in [0.05, 0.1) is 0 Å². The molecule has 0 aromatic carbocycles. The summed E-state index contributed by atoms with van der Waals surface area (Å²) in [5.74, 6) is -1.34. The van der Waals surface area contributed by atoms with Gasteiger partial charge < -0.3 is 37.6 Å². The molecule has 348 valence electrons. The van der Waals surface area contributed by atoms with Gasteiger partial charge in [0.15, 0.2) is 0 Å². The van der Waals surface area contributed by atoms with Crippen molar-refractivity contribution in [3.63, 3.8) is 0 Å². The first kappa shape index (κ1) is 57.2. The highest BCUT2D eigenvalue weighted by molar-refractivity contribution is 5.66. The Morgan fingerprint density at radius 1 is 0.390 bits per heavy atom. The van der Waals surface area contributed by atoms with E-state index in [0.29, 0.717) is 24.9 Å². The maximum Gasteiger partial charge on any atom is 0.303 e. The molecule has 0 saturated heterocycles. The van der Waals surface area contributed by atoms with Gasteiger partial charge >= 0.3 is 11.9 Å². The summed E-state index contributed by atoms with van der Waals surface area (Å²) in [4.78, 5) is 21.2. The van der Waals surface area contributed by atoms with Gasteiger partial charge in [-0.3, -0.25) is 9.59 Å². The zero-order valence-corrected chi connectivity index (χ0v) is 38.5. The Kier molecular flexibility index (Phi) is 47.4. The van der Waals surface area contributed by atoms with Crippen LogP contribution in [0.5, 0.6) is 0 Å². The molecule has 0 aliphatic heterocycles. The summed E-state index contributed by atoms with van der Waals surface area (Å²) in [5.41, 5.74) is 11.5. The van der Waals surface area contributed by atoms with Crippen LogP contribution in [-0.4, -0.2) is 73.5 Å². The number of nitrogens with one attached hydrogen (secondary N) is 3. The molecule has 0 saturated carbocycles. The van der Waals surface area contributed by atoms with Gasteiger partial charge in [0, 0.05) is 31.5 Å². The minimum Gasteiger partial charge on any atom is -0.481 e. The van der Waals surface area contributed by atoms with Gasteiger partial charge in [-0.2, -0.15) is 0 Å². The predicted molar refractivity (Wildman–Crippen MR) is 254 cm³/mol. The average molecular weight is 834 g/mol. The molecule has 1 unspecified atom stereocenters. The molecule has 0 radical (unpaired) electrons. The van der Waals surface area contributed by atoms with E-state index >= 15 is 0 Å². The summed E-state index contributed by atoms with van der Waals surface area (Å²) in [6.07, 6.45) is 51.6. The van der Waals surface area contributed by atoms with Crippen molar-refractivity contribution in [2.75, 3.05) is 39.3 Å². The first-order chi connectivity index (χ1) is 29.0. The highest BCUT2D eigenvalue weighted by Gasteiger charge is 2.13. The normalized spacial score (nSPS) is 12.5. The maximum atomic E-state index is 10.6. The van der Waals surface area contributed by atoms with Crippen molar-refractivity contribution >= 4 is 11.9 Å². The van der Waals surface area contributed by atoms with Crippen LogP contribution in [0.2, 0.25) is 0 Å². The fourth-order valence-electron chi connectivity index (χ4n) is 7.85. The fourth-order valence-corrected chi connectivity index (χ4v) is 7.85. The van der Waals surface area contributed by atoms with Crippen LogP contribution in [0.25, 0.3) is 0 Å². The molecule has 59 heavy (non-hydrogen) atoms. The van der Waals surface area contributed by atoms with E-state index in [0.717, 1.165) is 103 Å². The largest absolute Gasteiger partial charge is 0.481 e. The van der Waals surface area contributed by atoms with Crippen LogP contribution >= 0.6 is 0 Å². The lowest BCUT2D eigenvalue weighted by atomic mass is 9.99. The molecule has 1 atom stereocenters. The van der Waals surface area contributed by atoms with E-state index in [4.69, 9.17) is 21.7 Å². The second kappa shape index (κ2) is 48.9. The number of aliphatic carboxylic acids is 2. The van der Waals surface area contributed by atoms with E-state index < -0.39 is 11.9 Å². The second-order valence-electron chi connectivity index (χ2n) is 17.4. The van der Waals surface area contributed by atoms with Gasteiger partial charge in [0.25, 0.3) is 0 Å². The number of allylic oxidation sites excluding steroid dienone is 4. The van der Waals surface area contributed by atoms with Crippen LogP contribution in [-0.2, 0) is 9.59 Å². The molecule has 0 heterocycles. The molecule has 9 nitrogen and oxygen atoms in total. The zero-order chi connectivity index (χ0) is 43.0. The van der Waals surface area contributed by atoms with Gasteiger partial charge in [-0.05, 0) is 135 Å². The Bertz CT molecular complexity index is 877. The number of hydrogen-bond acceptors (Lipinski definition) is 7. The Morgan fingerprint density at radius 2 is 0.729 bits per heavy atom. The van der Waals surface area contributed by atoms with E-state index in [2.05, 4.69) is 40.3 Å². The van der Waals surface area contributed by atoms with E-state index in [9.17, 15) is 9.59 Å². The molecular formula is C50H99N5O4. The standard InChI is InChI=1S/C50H99N5O4/c51-41-34-44-53-43-33-38-48(54-45-35-42-52)46-55-47(36-29-25-21-17-13-9-5-1-3-7-11-15-19-23-27-31-39-49(56)57)37-30-26-22-18-14-10-6-2-4-8-12-16-20-24-28-32-40-50(58)59/h3-4,7-8,47-48,53-55H,1-2,5-6,9-46,51-52H2,(H,56,57)(H,58,59)/b7-3-,8-4-. The maximum absolute atomic E-state index is 10.6. The lowest BCUT2D eigenvalue weighted by Crippen LogP contribution is -2.43. The predicted octanol–water partition coefficient (Wildman–Crippen LogP) is 11.7. The molecule has 0 aliphatic carbocycles. The summed E-state index contributed by atoms with van der Waals surface area (Å²) >= 11 is 0. The van der Waals surface area contributed by atoms with Crippen LogP contribution in [0.4, 0.5) is 0 Å². The molecule has 0 fully saturated rings. The van der Waals surface area contributed by atoms with Crippen LogP contribution < -0.4 is 27.4 Å². The summed E-state index contributed by atoms with van der Waals surface area (Å²) in [7, 11) is 0. The molecule has 0 aliphatic rings. The van der Waals surface area contributed by atoms with E-state index in [1.807, 2.05) is 0 Å². The Morgan fingerprint density at radius 3 is 1.14 bits per heavy atom. The molecule has 0 rings (SSSR count). The first-order valence-electron chi connectivity index (χ1n) is 25.3. The van der Waals surface area contributed by atoms with Crippen molar-refractivity contribution < 1.29 is 19.8 Å². The van der Waals surface area contributed by atoms with Crippen LogP contribution in [0.15, 0.2) is 24.3 Å². The van der Waals surface area contributed by atoms with Crippen molar-refractivity contribution in [1.82, 2.24) is 16.0 Å². The molecule has 0 aromatic heterocycles. The first-order valence-corrected chi connectivity index (χ1v) is 25.3. The average Bonchev–Trinajstić information content (AvgIpc) is 3.22. The quantitative estimate of drug-likeness (QED) is 0.0233. The molecule has 0 spiro atoms. The van der Waals surface area contributed by atoms with Gasteiger partial charge in [-0.15, -0.1) is 0 Å². The third-order valence-corrected chi connectivity index (χ3v) is 11.6. The van der Waals surface area contributed by atoms with E-state index in [-0.39, 0.29) is 0 Å². The Labute approximate surface area is 364 Å². The van der Waals surface area contributed by atoms with Crippen LogP contribution in [0, 0.1) is 0 Å². The molecular weight excluding hydrogens is 735 g/mol. The van der Waals surface area contributed by atoms with E-state index in [1.165, 1.54) is 154 Å². The Balaban J connectivity index is 4.32. The van der Waals surface area contributed by atoms with Crippen molar-refractivity contribution in [3.05, 3.63) is 24.3 Å². The van der Waals surface area contributed by atoms with Gasteiger partial charge in [-0.25, -0.2) is 0 Å². The van der Waals surface area contributed by atoms with Gasteiger partial charge in [-0.1, -0.05) is 140 Å². The molecule has 9 N–H and O–H groups in total. The lowest BCUT2D eigenvalue weighted by Gasteiger charge is -2.25. The molecule has 9 heteroatoms. The van der Waals surface area contributed by atoms with Gasteiger partial charge in [0.1, 0.15) is 0 Å². The highest BCUT2D eigenvalue weighted by Crippen LogP contribution is 2.17. The number of unbranched alkanes of at least 4 members (excludes halogenated alkanes) is 24. The van der Waals surface area contributed by atoms with E-state index in [1.54, 1.807) is 0 Å². The van der Waals surface area contributed by atoms with Crippen molar-refractivity contribution in [2.24, 2.45) is 11.5 Å². The number of carbonyl (C=O) groups is 2. The number of hydrogen-bond donors (Lipinski definition) is 7. The van der Waals surface area contributed by atoms with Crippen molar-refractivity contribution in [1.29, 1.82) is 0 Å². The summed E-state index contributed by atoms with van der Waals surface area (Å²) < 4.78 is 0. The summed E-state index contributed by atoms with van der Waals surface area (Å²) in [6.45, 7) is 5.62. The third-order valence-electron chi connectivity index (χ3n) is 11.6. The molecule has 0 bridgehead atoms. The monoisotopic (exact) mass is 834 g/mol. The fraction of sp³-hybridized carbons (Fsp3) is 0.880. The molecule has 0 aromatic rings.